The van der Waals surface area contributed by atoms with Crippen LogP contribution in [-0.4, -0.2) is 57.6 Å². The molecule has 0 unspecified atom stereocenters. The average Bonchev–Trinajstić information content (AvgIpc) is 3.14. The van der Waals surface area contributed by atoms with E-state index in [0.29, 0.717) is 6.54 Å². The number of fused-ring (bicyclic) bond motifs is 1. The number of pyridine rings is 1. The van der Waals surface area contributed by atoms with E-state index in [1.165, 1.54) is 5.56 Å². The Kier molecular flexibility index (Phi) is 4.08. The van der Waals surface area contributed by atoms with E-state index in [9.17, 15) is 0 Å². The third kappa shape index (κ3) is 2.95. The van der Waals surface area contributed by atoms with Crippen LogP contribution in [0.4, 0.5) is 0 Å². The zero-order chi connectivity index (χ0) is 16.5. The van der Waals surface area contributed by atoms with Crippen LogP contribution < -0.4 is 0 Å². The van der Waals surface area contributed by atoms with Crippen molar-refractivity contribution >= 4 is 11.2 Å². The van der Waals surface area contributed by atoms with Gasteiger partial charge >= 0.3 is 0 Å². The highest BCUT2D eigenvalue weighted by molar-refractivity contribution is 5.71. The molecule has 0 aliphatic carbocycles. The fourth-order valence-electron chi connectivity index (χ4n) is 3.21. The molecule has 1 aliphatic rings. The lowest BCUT2D eigenvalue weighted by molar-refractivity contribution is 0.144. The lowest BCUT2D eigenvalue weighted by atomic mass is 10.3. The first-order valence-electron chi connectivity index (χ1n) is 8.45. The smallest absolute Gasteiger partial charge is 0.160 e. The van der Waals surface area contributed by atoms with Crippen molar-refractivity contribution in [3.8, 4) is 0 Å². The molecule has 0 bridgehead atoms. The number of nitrogens with zero attached hydrogens (tertiary/aromatic N) is 5. The van der Waals surface area contributed by atoms with Gasteiger partial charge in [-0.05, 0) is 37.7 Å². The highest BCUT2D eigenvalue weighted by Gasteiger charge is 2.19. The molecule has 0 spiro atoms. The molecule has 3 aromatic heterocycles. The minimum Gasteiger partial charge on any atom is -0.467 e. The van der Waals surface area contributed by atoms with Gasteiger partial charge in [0.1, 0.15) is 17.1 Å². The molecule has 4 rings (SSSR count). The summed E-state index contributed by atoms with van der Waals surface area (Å²) in [5, 5.41) is 0. The first kappa shape index (κ1) is 15.4. The monoisotopic (exact) mass is 325 g/mol. The van der Waals surface area contributed by atoms with Crippen LogP contribution in [0.3, 0.4) is 0 Å². The van der Waals surface area contributed by atoms with E-state index in [2.05, 4.69) is 33.3 Å². The normalized spacial score (nSPS) is 16.9. The van der Waals surface area contributed by atoms with E-state index < -0.39 is 0 Å². The summed E-state index contributed by atoms with van der Waals surface area (Å²) in [6.07, 6.45) is 3.58. The fraction of sp³-hybridized carbons (Fsp3) is 0.444. The Morgan fingerprint density at radius 1 is 1.12 bits per heavy atom. The molecule has 126 valence electrons. The van der Waals surface area contributed by atoms with Gasteiger partial charge in [0.05, 0.1) is 19.4 Å². The third-order valence-corrected chi connectivity index (χ3v) is 4.81. The molecule has 24 heavy (non-hydrogen) atoms. The Morgan fingerprint density at radius 3 is 2.71 bits per heavy atom. The second kappa shape index (κ2) is 6.37. The molecule has 0 radical (unpaired) electrons. The van der Waals surface area contributed by atoms with Crippen molar-refractivity contribution in [2.75, 3.05) is 33.2 Å². The fourth-order valence-corrected chi connectivity index (χ4v) is 3.21. The van der Waals surface area contributed by atoms with E-state index >= 15 is 0 Å². The molecule has 0 aromatic carbocycles. The van der Waals surface area contributed by atoms with Crippen LogP contribution in [0.15, 0.2) is 35.1 Å². The molecule has 0 atom stereocenters. The van der Waals surface area contributed by atoms with Gasteiger partial charge in [0, 0.05) is 32.4 Å². The summed E-state index contributed by atoms with van der Waals surface area (Å²) in [6.45, 7) is 7.97. The van der Waals surface area contributed by atoms with Gasteiger partial charge in [-0.25, -0.2) is 9.97 Å². The van der Waals surface area contributed by atoms with Crippen LogP contribution in [0.2, 0.25) is 0 Å². The van der Waals surface area contributed by atoms with E-state index in [1.54, 1.807) is 6.26 Å². The predicted octanol–water partition coefficient (Wildman–Crippen LogP) is 2.13. The zero-order valence-corrected chi connectivity index (χ0v) is 14.3. The summed E-state index contributed by atoms with van der Waals surface area (Å²) in [6, 6.07) is 5.97. The molecule has 6 nitrogen and oxygen atoms in total. The van der Waals surface area contributed by atoms with Crippen LogP contribution in [-0.2, 0) is 13.1 Å². The molecule has 1 fully saturated rings. The van der Waals surface area contributed by atoms with Gasteiger partial charge in [-0.1, -0.05) is 0 Å². The van der Waals surface area contributed by atoms with Crippen molar-refractivity contribution in [2.45, 2.75) is 20.0 Å². The Morgan fingerprint density at radius 2 is 1.96 bits per heavy atom. The van der Waals surface area contributed by atoms with Gasteiger partial charge in [0.2, 0.25) is 0 Å². The van der Waals surface area contributed by atoms with Crippen molar-refractivity contribution in [2.24, 2.45) is 0 Å². The molecule has 0 saturated carbocycles. The van der Waals surface area contributed by atoms with E-state index in [-0.39, 0.29) is 0 Å². The van der Waals surface area contributed by atoms with Gasteiger partial charge < -0.3 is 13.9 Å². The van der Waals surface area contributed by atoms with Crippen molar-refractivity contribution in [3.05, 3.63) is 47.8 Å². The van der Waals surface area contributed by atoms with Crippen LogP contribution >= 0.6 is 0 Å². The number of aryl methyl sites for hydroxylation is 1. The third-order valence-electron chi connectivity index (χ3n) is 4.81. The average molecular weight is 325 g/mol. The van der Waals surface area contributed by atoms with E-state index in [1.807, 2.05) is 24.4 Å². The van der Waals surface area contributed by atoms with Crippen molar-refractivity contribution in [3.63, 3.8) is 0 Å². The first-order valence-corrected chi connectivity index (χ1v) is 8.45. The summed E-state index contributed by atoms with van der Waals surface area (Å²) in [5.41, 5.74) is 3.04. The number of likely N-dealkylation sites (N-methyl/N-ethyl adjacent to an activating group) is 1. The molecule has 3 aromatic rings. The molecule has 4 heterocycles. The number of aromatic nitrogens is 3. The Bertz CT molecular complexity index is 829. The number of rotatable bonds is 4. The topological polar surface area (TPSA) is 50.3 Å². The van der Waals surface area contributed by atoms with Crippen LogP contribution in [0.1, 0.15) is 17.1 Å². The van der Waals surface area contributed by atoms with E-state index in [4.69, 9.17) is 9.40 Å². The minimum absolute atomic E-state index is 0.676. The van der Waals surface area contributed by atoms with Crippen LogP contribution in [0, 0.1) is 6.92 Å². The molecule has 0 N–H and O–H groups in total. The van der Waals surface area contributed by atoms with Crippen LogP contribution in [0.5, 0.6) is 0 Å². The minimum atomic E-state index is 0.676. The summed E-state index contributed by atoms with van der Waals surface area (Å²) in [7, 11) is 2.18. The predicted molar refractivity (Wildman–Crippen MR) is 92.8 cm³/mol. The zero-order valence-electron chi connectivity index (χ0n) is 14.3. The molecule has 0 amide bonds. The van der Waals surface area contributed by atoms with Gasteiger partial charge in [0.25, 0.3) is 0 Å². The number of hydrogen-bond acceptors (Lipinski definition) is 5. The second-order valence-corrected chi connectivity index (χ2v) is 6.57. The summed E-state index contributed by atoms with van der Waals surface area (Å²) in [4.78, 5) is 14.2. The largest absolute Gasteiger partial charge is 0.467 e. The van der Waals surface area contributed by atoms with Gasteiger partial charge in [0.15, 0.2) is 5.65 Å². The summed E-state index contributed by atoms with van der Waals surface area (Å²) < 4.78 is 7.84. The maximum atomic E-state index is 5.65. The van der Waals surface area contributed by atoms with Crippen molar-refractivity contribution in [1.29, 1.82) is 0 Å². The standard InChI is InChI=1S/C18H23N5O/c1-14-5-11-24-16(14)12-23-17(13-22-9-7-21(2)8-10-22)20-15-4-3-6-19-18(15)23/h3-6,11H,7-10,12-13H2,1-2H3. The maximum Gasteiger partial charge on any atom is 0.160 e. The highest BCUT2D eigenvalue weighted by atomic mass is 16.3. The lowest BCUT2D eigenvalue weighted by Gasteiger charge is -2.32. The summed E-state index contributed by atoms with van der Waals surface area (Å²) >= 11 is 0. The summed E-state index contributed by atoms with van der Waals surface area (Å²) in [5.74, 6) is 2.03. The van der Waals surface area contributed by atoms with Gasteiger partial charge in [-0.2, -0.15) is 0 Å². The van der Waals surface area contributed by atoms with E-state index in [0.717, 1.165) is 55.5 Å². The number of imidazole rings is 1. The maximum absolute atomic E-state index is 5.65. The molecule has 1 saturated heterocycles. The molecular weight excluding hydrogens is 302 g/mol. The Balaban J connectivity index is 1.66. The lowest BCUT2D eigenvalue weighted by Crippen LogP contribution is -2.44. The molecule has 6 heteroatoms. The van der Waals surface area contributed by atoms with Crippen LogP contribution in [0.25, 0.3) is 11.2 Å². The molecule has 1 aliphatic heterocycles. The highest BCUT2D eigenvalue weighted by Crippen LogP contribution is 2.19. The SMILES string of the molecule is Cc1ccoc1Cn1c(CN2CCN(C)CC2)nc2cccnc21. The van der Waals surface area contributed by atoms with Crippen molar-refractivity contribution < 1.29 is 4.42 Å². The first-order chi connectivity index (χ1) is 11.7. The second-order valence-electron chi connectivity index (χ2n) is 6.57. The Hall–Kier alpha value is -2.18. The van der Waals surface area contributed by atoms with Crippen molar-refractivity contribution in [1.82, 2.24) is 24.3 Å². The number of hydrogen-bond donors (Lipinski definition) is 0. The quantitative estimate of drug-likeness (QED) is 0.735. The Labute approximate surface area is 141 Å². The molecular formula is C18H23N5O. The van der Waals surface area contributed by atoms with Gasteiger partial charge in [-0.15, -0.1) is 0 Å². The number of furan rings is 1. The van der Waals surface area contributed by atoms with Gasteiger partial charge in [-0.3, -0.25) is 4.90 Å². The number of piperazine rings is 1.